The third-order valence-electron chi connectivity index (χ3n) is 2.43. The zero-order valence-electron chi connectivity index (χ0n) is 10.1. The van der Waals surface area contributed by atoms with Gasteiger partial charge < -0.3 is 15.2 Å². The first-order chi connectivity index (χ1) is 9.10. The van der Waals surface area contributed by atoms with Gasteiger partial charge in [0.2, 0.25) is 0 Å². The number of aromatic nitrogens is 1. The van der Waals surface area contributed by atoms with Crippen molar-refractivity contribution in [3.8, 4) is 5.75 Å². The molecule has 19 heavy (non-hydrogen) atoms. The van der Waals surface area contributed by atoms with E-state index in [2.05, 4.69) is 26.2 Å². The van der Waals surface area contributed by atoms with E-state index >= 15 is 0 Å². The number of nitrogens with zero attached hydrogens (tertiary/aromatic N) is 1. The predicted molar refractivity (Wildman–Crippen MR) is 75.2 cm³/mol. The maximum atomic E-state index is 10.9. The molecule has 0 aliphatic rings. The fourth-order valence-corrected chi connectivity index (χ4v) is 1.85. The zero-order valence-corrected chi connectivity index (χ0v) is 11.6. The number of benzene rings is 1. The highest BCUT2D eigenvalue weighted by Crippen LogP contribution is 2.29. The van der Waals surface area contributed by atoms with Crippen LogP contribution in [0.5, 0.6) is 5.75 Å². The van der Waals surface area contributed by atoms with Crippen LogP contribution in [0.2, 0.25) is 0 Å². The van der Waals surface area contributed by atoms with E-state index in [0.29, 0.717) is 11.4 Å². The van der Waals surface area contributed by atoms with E-state index in [4.69, 9.17) is 9.84 Å². The Bertz CT molecular complexity index is 617. The second-order valence-corrected chi connectivity index (χ2v) is 4.56. The lowest BCUT2D eigenvalue weighted by molar-refractivity contribution is 0.0690. The average molecular weight is 323 g/mol. The molecule has 1 aromatic heterocycles. The van der Waals surface area contributed by atoms with Crippen molar-refractivity contribution in [2.24, 2.45) is 0 Å². The molecule has 98 valence electrons. The van der Waals surface area contributed by atoms with Crippen molar-refractivity contribution in [2.75, 3.05) is 12.4 Å². The first kappa shape index (κ1) is 13.4. The lowest BCUT2D eigenvalue weighted by atomic mass is 10.2. The fraction of sp³-hybridized carbons (Fsp3) is 0.0769. The maximum Gasteiger partial charge on any atom is 0.354 e. The molecule has 5 nitrogen and oxygen atoms in total. The van der Waals surface area contributed by atoms with Crippen molar-refractivity contribution < 1.29 is 14.6 Å². The molecule has 1 heterocycles. The first-order valence-corrected chi connectivity index (χ1v) is 6.19. The van der Waals surface area contributed by atoms with Crippen LogP contribution in [0.15, 0.2) is 41.0 Å². The monoisotopic (exact) mass is 322 g/mol. The predicted octanol–water partition coefficient (Wildman–Crippen LogP) is 3.29. The average Bonchev–Trinajstić information content (AvgIpc) is 2.41. The molecule has 0 amide bonds. The molecule has 0 saturated heterocycles. The highest BCUT2D eigenvalue weighted by atomic mass is 79.9. The molecule has 0 saturated carbocycles. The molecular weight excluding hydrogens is 312 g/mol. The molecule has 0 fully saturated rings. The third kappa shape index (κ3) is 3.23. The van der Waals surface area contributed by atoms with Gasteiger partial charge in [-0.25, -0.2) is 9.78 Å². The Balaban J connectivity index is 2.30. The number of hydrogen-bond acceptors (Lipinski definition) is 4. The van der Waals surface area contributed by atoms with E-state index in [0.717, 1.165) is 10.2 Å². The van der Waals surface area contributed by atoms with Crippen LogP contribution in [-0.2, 0) is 0 Å². The maximum absolute atomic E-state index is 10.9. The lowest BCUT2D eigenvalue weighted by Crippen LogP contribution is -2.01. The van der Waals surface area contributed by atoms with Gasteiger partial charge in [0.15, 0.2) is 0 Å². The number of carbonyl (C=O) groups is 1. The molecular formula is C13H11BrN2O3. The number of hydrogen-bond donors (Lipinski definition) is 2. The van der Waals surface area contributed by atoms with Crippen LogP contribution >= 0.6 is 15.9 Å². The minimum Gasteiger partial charge on any atom is -0.497 e. The van der Waals surface area contributed by atoms with E-state index < -0.39 is 5.97 Å². The fourth-order valence-electron chi connectivity index (χ4n) is 1.51. The molecule has 0 aliphatic carbocycles. The van der Waals surface area contributed by atoms with E-state index in [1.165, 1.54) is 12.3 Å². The summed E-state index contributed by atoms with van der Waals surface area (Å²) in [5, 5.41) is 12.0. The van der Waals surface area contributed by atoms with Crippen LogP contribution < -0.4 is 10.1 Å². The summed E-state index contributed by atoms with van der Waals surface area (Å²) in [5.41, 5.74) is 1.41. The van der Waals surface area contributed by atoms with Crippen LogP contribution in [0, 0.1) is 0 Å². The number of ether oxygens (including phenoxy) is 1. The Hall–Kier alpha value is -2.08. The number of carboxylic acid groups (broad SMARTS) is 1. The van der Waals surface area contributed by atoms with Crippen LogP contribution in [0.1, 0.15) is 10.5 Å². The number of methoxy groups -OCH3 is 1. The lowest BCUT2D eigenvalue weighted by Gasteiger charge is -2.10. The van der Waals surface area contributed by atoms with Gasteiger partial charge in [-0.15, -0.1) is 0 Å². The van der Waals surface area contributed by atoms with Gasteiger partial charge in [-0.1, -0.05) is 0 Å². The number of pyridine rings is 1. The molecule has 2 N–H and O–H groups in total. The Labute approximate surface area is 118 Å². The van der Waals surface area contributed by atoms with E-state index in [1.807, 2.05) is 18.2 Å². The second kappa shape index (κ2) is 5.71. The molecule has 0 bridgehead atoms. The first-order valence-electron chi connectivity index (χ1n) is 5.40. The molecule has 0 radical (unpaired) electrons. The van der Waals surface area contributed by atoms with Gasteiger partial charge in [-0.2, -0.15) is 0 Å². The van der Waals surface area contributed by atoms with E-state index in [1.54, 1.807) is 13.2 Å². The van der Waals surface area contributed by atoms with Crippen molar-refractivity contribution in [3.05, 3.63) is 46.7 Å². The van der Waals surface area contributed by atoms with Crippen LogP contribution in [0.4, 0.5) is 11.4 Å². The van der Waals surface area contributed by atoms with Gasteiger partial charge in [-0.05, 0) is 40.2 Å². The van der Waals surface area contributed by atoms with Gasteiger partial charge in [0, 0.05) is 22.4 Å². The topological polar surface area (TPSA) is 71.5 Å². The Morgan fingerprint density at radius 3 is 2.84 bits per heavy atom. The van der Waals surface area contributed by atoms with Crippen molar-refractivity contribution in [3.63, 3.8) is 0 Å². The van der Waals surface area contributed by atoms with Crippen LogP contribution in [0.25, 0.3) is 0 Å². The van der Waals surface area contributed by atoms with Crippen molar-refractivity contribution in [2.45, 2.75) is 0 Å². The molecule has 0 spiro atoms. The summed E-state index contributed by atoms with van der Waals surface area (Å²) in [7, 11) is 1.59. The Morgan fingerprint density at radius 1 is 1.37 bits per heavy atom. The zero-order chi connectivity index (χ0) is 13.8. The molecule has 0 unspecified atom stereocenters. The summed E-state index contributed by atoms with van der Waals surface area (Å²) in [4.78, 5) is 14.6. The molecule has 0 aliphatic heterocycles. The summed E-state index contributed by atoms with van der Waals surface area (Å²) in [5.74, 6) is -0.355. The van der Waals surface area contributed by atoms with Gasteiger partial charge in [0.25, 0.3) is 0 Å². The highest BCUT2D eigenvalue weighted by Gasteiger charge is 2.07. The number of anilines is 2. The van der Waals surface area contributed by atoms with E-state index in [-0.39, 0.29) is 5.69 Å². The summed E-state index contributed by atoms with van der Waals surface area (Å²) in [6.45, 7) is 0. The largest absolute Gasteiger partial charge is 0.497 e. The molecule has 1 aromatic carbocycles. The van der Waals surface area contributed by atoms with Crippen molar-refractivity contribution in [1.29, 1.82) is 0 Å². The minimum absolute atomic E-state index is 0.0102. The minimum atomic E-state index is -1.06. The molecule has 2 aromatic rings. The second-order valence-electron chi connectivity index (χ2n) is 3.71. The van der Waals surface area contributed by atoms with Gasteiger partial charge in [0.05, 0.1) is 12.8 Å². The van der Waals surface area contributed by atoms with E-state index in [9.17, 15) is 4.79 Å². The van der Waals surface area contributed by atoms with Crippen molar-refractivity contribution in [1.82, 2.24) is 4.98 Å². The summed E-state index contributed by atoms with van der Waals surface area (Å²) < 4.78 is 5.99. The summed E-state index contributed by atoms with van der Waals surface area (Å²) in [6, 6.07) is 8.64. The number of carboxylic acids is 1. The summed E-state index contributed by atoms with van der Waals surface area (Å²) in [6.07, 6.45) is 1.44. The number of nitrogens with one attached hydrogen (secondary N) is 1. The highest BCUT2D eigenvalue weighted by molar-refractivity contribution is 9.10. The van der Waals surface area contributed by atoms with Crippen molar-refractivity contribution >= 4 is 33.3 Å². The molecule has 6 heteroatoms. The van der Waals surface area contributed by atoms with Gasteiger partial charge in [0.1, 0.15) is 11.4 Å². The van der Waals surface area contributed by atoms with Gasteiger partial charge >= 0.3 is 5.97 Å². The standard InChI is InChI=1S/C13H11BrN2O3/c1-19-9-2-3-10(14)11(7-9)16-8-4-5-15-12(6-8)13(17)18/h2-7H,1H3,(H,15,16)(H,17,18). The van der Waals surface area contributed by atoms with Crippen LogP contribution in [-0.4, -0.2) is 23.2 Å². The Kier molecular flexibility index (Phi) is 4.01. The smallest absolute Gasteiger partial charge is 0.354 e. The third-order valence-corrected chi connectivity index (χ3v) is 3.12. The number of halogens is 1. The normalized spacial score (nSPS) is 10.0. The van der Waals surface area contributed by atoms with Gasteiger partial charge in [-0.3, -0.25) is 0 Å². The quantitative estimate of drug-likeness (QED) is 0.903. The molecule has 0 atom stereocenters. The summed E-state index contributed by atoms with van der Waals surface area (Å²) >= 11 is 3.41. The van der Waals surface area contributed by atoms with Crippen LogP contribution in [0.3, 0.4) is 0 Å². The number of rotatable bonds is 4. The molecule has 2 rings (SSSR count). The Morgan fingerprint density at radius 2 is 2.16 bits per heavy atom. The SMILES string of the molecule is COc1ccc(Br)c(Nc2ccnc(C(=O)O)c2)c1. The number of aromatic carboxylic acids is 1.